The van der Waals surface area contributed by atoms with E-state index in [-0.39, 0.29) is 16.1 Å². The summed E-state index contributed by atoms with van der Waals surface area (Å²) < 4.78 is 6.14. The molecule has 2 nitrogen and oxygen atoms in total. The number of hydrogen-bond donors (Lipinski definition) is 1. The van der Waals surface area contributed by atoms with Crippen LogP contribution in [0.2, 0.25) is 0 Å². The lowest BCUT2D eigenvalue weighted by molar-refractivity contribution is -0.0728. The molecule has 1 spiro atoms. The van der Waals surface area contributed by atoms with Crippen molar-refractivity contribution in [2.24, 2.45) is 0 Å². The molecule has 14 heavy (non-hydrogen) atoms. The van der Waals surface area contributed by atoms with Crippen LogP contribution in [0.3, 0.4) is 0 Å². The first-order valence-corrected chi connectivity index (χ1v) is 6.37. The molecule has 0 aromatic heterocycles. The van der Waals surface area contributed by atoms with Crippen LogP contribution < -0.4 is 5.32 Å². The maximum atomic E-state index is 6.14. The van der Waals surface area contributed by atoms with Crippen LogP contribution in [0, 0.1) is 0 Å². The van der Waals surface area contributed by atoms with Crippen molar-refractivity contribution in [1.29, 1.82) is 0 Å². The first-order valence-electron chi connectivity index (χ1n) is 5.38. The van der Waals surface area contributed by atoms with Crippen LogP contribution in [-0.2, 0) is 4.74 Å². The highest BCUT2D eigenvalue weighted by Crippen LogP contribution is 2.53. The second-order valence-electron chi connectivity index (χ2n) is 5.73. The average Bonchev–Trinajstić information content (AvgIpc) is 2.35. The van der Waals surface area contributed by atoms with Gasteiger partial charge in [-0.15, -0.1) is 11.8 Å². The Kier molecular flexibility index (Phi) is 2.23. The standard InChI is InChI=1S/C11H21NOS/c1-8-6-14-11(12-8)7-9(2,3)13-10(11,4)5/h8,12H,6-7H2,1-5H3. The Morgan fingerprint density at radius 3 is 2.29 bits per heavy atom. The second kappa shape index (κ2) is 2.89. The molecule has 0 saturated carbocycles. The lowest BCUT2D eigenvalue weighted by Gasteiger charge is -2.36. The summed E-state index contributed by atoms with van der Waals surface area (Å²) in [5.74, 6) is 1.20. The summed E-state index contributed by atoms with van der Waals surface area (Å²) in [6, 6.07) is 0.608. The molecule has 2 fully saturated rings. The van der Waals surface area contributed by atoms with E-state index >= 15 is 0 Å². The van der Waals surface area contributed by atoms with Gasteiger partial charge in [0.1, 0.15) is 0 Å². The molecule has 82 valence electrons. The van der Waals surface area contributed by atoms with Gasteiger partial charge in [0, 0.05) is 18.2 Å². The molecular formula is C11H21NOS. The summed E-state index contributed by atoms with van der Waals surface area (Å²) in [5, 5.41) is 3.71. The smallest absolute Gasteiger partial charge is 0.0963 e. The Bertz CT molecular complexity index is 252. The Morgan fingerprint density at radius 1 is 1.29 bits per heavy atom. The van der Waals surface area contributed by atoms with Crippen LogP contribution in [-0.4, -0.2) is 27.9 Å². The fourth-order valence-electron chi connectivity index (χ4n) is 2.82. The molecule has 2 atom stereocenters. The molecule has 2 unspecified atom stereocenters. The van der Waals surface area contributed by atoms with Gasteiger partial charge < -0.3 is 4.74 Å². The van der Waals surface area contributed by atoms with Gasteiger partial charge in [-0.25, -0.2) is 0 Å². The van der Waals surface area contributed by atoms with Gasteiger partial charge in [-0.1, -0.05) is 0 Å². The van der Waals surface area contributed by atoms with E-state index in [2.05, 4.69) is 39.9 Å². The number of ether oxygens (including phenoxy) is 1. The summed E-state index contributed by atoms with van der Waals surface area (Å²) in [4.78, 5) is 0.135. The monoisotopic (exact) mass is 215 g/mol. The van der Waals surface area contributed by atoms with Crippen molar-refractivity contribution in [1.82, 2.24) is 5.32 Å². The summed E-state index contributed by atoms with van der Waals surface area (Å²) >= 11 is 2.03. The van der Waals surface area contributed by atoms with Crippen molar-refractivity contribution in [3.05, 3.63) is 0 Å². The molecule has 2 rings (SSSR count). The molecule has 1 N–H and O–H groups in total. The van der Waals surface area contributed by atoms with Crippen LogP contribution in [0.1, 0.15) is 41.0 Å². The fraction of sp³-hybridized carbons (Fsp3) is 1.00. The zero-order valence-corrected chi connectivity index (χ0v) is 10.6. The van der Waals surface area contributed by atoms with Crippen LogP contribution in [0.5, 0.6) is 0 Å². The van der Waals surface area contributed by atoms with Crippen LogP contribution in [0.25, 0.3) is 0 Å². The molecule has 0 aromatic rings. The maximum Gasteiger partial charge on any atom is 0.0963 e. The molecule has 0 aliphatic carbocycles. The highest BCUT2D eigenvalue weighted by Gasteiger charge is 2.59. The van der Waals surface area contributed by atoms with Gasteiger partial charge in [0.2, 0.25) is 0 Å². The minimum atomic E-state index is -0.0636. The first kappa shape index (κ1) is 10.8. The van der Waals surface area contributed by atoms with E-state index in [1.807, 2.05) is 11.8 Å². The highest BCUT2D eigenvalue weighted by atomic mass is 32.2. The van der Waals surface area contributed by atoms with E-state index in [4.69, 9.17) is 4.74 Å². The number of rotatable bonds is 0. The lowest BCUT2D eigenvalue weighted by atomic mass is 9.93. The van der Waals surface area contributed by atoms with Gasteiger partial charge in [-0.3, -0.25) is 5.32 Å². The fourth-order valence-corrected chi connectivity index (χ4v) is 4.56. The van der Waals surface area contributed by atoms with Crippen LogP contribution in [0.15, 0.2) is 0 Å². The summed E-state index contributed by atoms with van der Waals surface area (Å²) in [6.45, 7) is 11.0. The number of thioether (sulfide) groups is 1. The number of nitrogens with one attached hydrogen (secondary N) is 1. The Balaban J connectivity index is 2.27. The van der Waals surface area contributed by atoms with Crippen molar-refractivity contribution < 1.29 is 4.74 Å². The average molecular weight is 215 g/mol. The molecule has 2 heterocycles. The first-order chi connectivity index (χ1) is 6.27. The minimum Gasteiger partial charge on any atom is -0.367 e. The molecule has 0 bridgehead atoms. The molecule has 2 aliphatic rings. The van der Waals surface area contributed by atoms with Crippen molar-refractivity contribution in [2.75, 3.05) is 5.75 Å². The van der Waals surface area contributed by atoms with Crippen molar-refractivity contribution in [3.8, 4) is 0 Å². The largest absolute Gasteiger partial charge is 0.367 e. The lowest BCUT2D eigenvalue weighted by Crippen LogP contribution is -2.52. The highest BCUT2D eigenvalue weighted by molar-refractivity contribution is 8.01. The molecular weight excluding hydrogens is 194 g/mol. The predicted molar refractivity (Wildman–Crippen MR) is 61.6 cm³/mol. The van der Waals surface area contributed by atoms with Gasteiger partial charge in [0.25, 0.3) is 0 Å². The SMILES string of the molecule is CC1CSC2(CC(C)(C)OC2(C)C)N1. The van der Waals surface area contributed by atoms with Crippen LogP contribution in [0.4, 0.5) is 0 Å². The molecule has 0 radical (unpaired) electrons. The quantitative estimate of drug-likeness (QED) is 0.670. The van der Waals surface area contributed by atoms with E-state index in [1.54, 1.807) is 0 Å². The molecule has 0 amide bonds. The zero-order chi connectivity index (χ0) is 10.6. The summed E-state index contributed by atoms with van der Waals surface area (Å²) in [7, 11) is 0. The normalized spacial score (nSPS) is 44.8. The zero-order valence-electron chi connectivity index (χ0n) is 9.81. The van der Waals surface area contributed by atoms with Gasteiger partial charge >= 0.3 is 0 Å². The molecule has 3 heteroatoms. The summed E-state index contributed by atoms with van der Waals surface area (Å²) in [5.41, 5.74) is -0.0561. The topological polar surface area (TPSA) is 21.3 Å². The third kappa shape index (κ3) is 1.50. The van der Waals surface area contributed by atoms with Crippen molar-refractivity contribution in [3.63, 3.8) is 0 Å². The van der Waals surface area contributed by atoms with E-state index in [9.17, 15) is 0 Å². The van der Waals surface area contributed by atoms with Gasteiger partial charge in [0.05, 0.1) is 16.1 Å². The predicted octanol–water partition coefficient (Wildman–Crippen LogP) is 2.39. The Labute approximate surface area is 91.2 Å². The maximum absolute atomic E-state index is 6.14. The van der Waals surface area contributed by atoms with E-state index in [0.717, 1.165) is 6.42 Å². The second-order valence-corrected chi connectivity index (χ2v) is 7.05. The molecule has 2 saturated heterocycles. The van der Waals surface area contributed by atoms with Gasteiger partial charge in [-0.2, -0.15) is 0 Å². The van der Waals surface area contributed by atoms with Gasteiger partial charge in [-0.05, 0) is 34.6 Å². The summed E-state index contributed by atoms with van der Waals surface area (Å²) in [6.07, 6.45) is 1.10. The molecule has 0 aromatic carbocycles. The van der Waals surface area contributed by atoms with E-state index in [1.165, 1.54) is 5.75 Å². The Hall–Kier alpha value is 0.270. The number of hydrogen-bond acceptors (Lipinski definition) is 3. The van der Waals surface area contributed by atoms with Gasteiger partial charge in [0.15, 0.2) is 0 Å². The third-order valence-electron chi connectivity index (χ3n) is 3.24. The molecule has 2 aliphatic heterocycles. The van der Waals surface area contributed by atoms with E-state index < -0.39 is 0 Å². The van der Waals surface area contributed by atoms with E-state index in [0.29, 0.717) is 6.04 Å². The van der Waals surface area contributed by atoms with Crippen molar-refractivity contribution >= 4 is 11.8 Å². The van der Waals surface area contributed by atoms with Crippen LogP contribution >= 0.6 is 11.8 Å². The minimum absolute atomic E-state index is 0.00750. The third-order valence-corrected chi connectivity index (χ3v) is 5.15. The Morgan fingerprint density at radius 2 is 1.93 bits per heavy atom. The van der Waals surface area contributed by atoms with Crippen molar-refractivity contribution in [2.45, 2.75) is 63.2 Å².